The molecule has 1 aliphatic heterocycles. The van der Waals surface area contributed by atoms with E-state index in [1.165, 1.54) is 21.6 Å². The molecule has 0 saturated carbocycles. The smallest absolute Gasteiger partial charge is 0.271 e. The van der Waals surface area contributed by atoms with Gasteiger partial charge >= 0.3 is 0 Å². The van der Waals surface area contributed by atoms with Crippen LogP contribution in [0.1, 0.15) is 27.0 Å². The molecular formula is C25H20N4O4S. The summed E-state index contributed by atoms with van der Waals surface area (Å²) >= 11 is 5.51. The van der Waals surface area contributed by atoms with Gasteiger partial charge in [0, 0.05) is 24.2 Å². The first-order valence-electron chi connectivity index (χ1n) is 10.7. The summed E-state index contributed by atoms with van der Waals surface area (Å²) in [6.45, 7) is 4.34. The van der Waals surface area contributed by atoms with Crippen molar-refractivity contribution in [1.29, 1.82) is 0 Å². The van der Waals surface area contributed by atoms with E-state index in [1.54, 1.807) is 24.3 Å². The molecule has 1 aliphatic rings. The lowest BCUT2D eigenvalue weighted by atomic mass is 10.1. The topological polar surface area (TPSA) is 101 Å². The van der Waals surface area contributed by atoms with Gasteiger partial charge in [0.25, 0.3) is 17.2 Å². The van der Waals surface area contributed by atoms with Crippen molar-refractivity contribution in [2.45, 2.75) is 20.3 Å². The van der Waals surface area contributed by atoms with E-state index in [4.69, 9.17) is 12.2 Å². The van der Waals surface area contributed by atoms with Crippen molar-refractivity contribution >= 4 is 40.4 Å². The van der Waals surface area contributed by atoms with Crippen LogP contribution in [0.5, 0.6) is 0 Å². The summed E-state index contributed by atoms with van der Waals surface area (Å²) in [6, 6.07) is 15.1. The molecule has 170 valence electrons. The number of benzene rings is 3. The van der Waals surface area contributed by atoms with Crippen molar-refractivity contribution in [3.8, 4) is 5.69 Å². The molecule has 2 heterocycles. The maximum atomic E-state index is 13.3. The minimum atomic E-state index is -0.474. The number of nitrogens with one attached hydrogen (secondary N) is 1. The Morgan fingerprint density at radius 3 is 2.65 bits per heavy atom. The third kappa shape index (κ3) is 3.41. The molecule has 0 spiro atoms. The van der Waals surface area contributed by atoms with Crippen molar-refractivity contribution in [2.24, 2.45) is 0 Å². The molecule has 0 aliphatic carbocycles. The summed E-state index contributed by atoms with van der Waals surface area (Å²) in [7, 11) is 0. The van der Waals surface area contributed by atoms with Crippen LogP contribution in [0.4, 0.5) is 11.4 Å². The highest BCUT2D eigenvalue weighted by molar-refractivity contribution is 7.71. The Bertz CT molecular complexity index is 1640. The Morgan fingerprint density at radius 1 is 1.09 bits per heavy atom. The number of aromatic nitrogens is 2. The van der Waals surface area contributed by atoms with Crippen LogP contribution in [0, 0.1) is 28.7 Å². The molecule has 1 N–H and O–H groups in total. The highest BCUT2D eigenvalue weighted by Gasteiger charge is 2.28. The molecule has 9 heteroatoms. The predicted octanol–water partition coefficient (Wildman–Crippen LogP) is 4.78. The number of hydrogen-bond donors (Lipinski definition) is 1. The summed E-state index contributed by atoms with van der Waals surface area (Å²) in [4.78, 5) is 42.0. The van der Waals surface area contributed by atoms with Crippen LogP contribution in [0.25, 0.3) is 16.6 Å². The fourth-order valence-electron chi connectivity index (χ4n) is 4.40. The quantitative estimate of drug-likeness (QED) is 0.263. The first-order valence-corrected chi connectivity index (χ1v) is 11.1. The van der Waals surface area contributed by atoms with Crippen LogP contribution in [0.3, 0.4) is 0 Å². The van der Waals surface area contributed by atoms with E-state index < -0.39 is 4.92 Å². The number of non-ortho nitro benzene ring substituents is 1. The monoisotopic (exact) mass is 472 g/mol. The number of anilines is 1. The lowest BCUT2D eigenvalue weighted by Gasteiger charge is -2.18. The molecule has 0 bridgehead atoms. The Labute approximate surface area is 199 Å². The number of carbonyl (C=O) groups is 1. The van der Waals surface area contributed by atoms with Gasteiger partial charge in [-0.15, -0.1) is 0 Å². The molecule has 8 nitrogen and oxygen atoms in total. The fourth-order valence-corrected chi connectivity index (χ4v) is 4.69. The minimum absolute atomic E-state index is 0.0620. The van der Waals surface area contributed by atoms with Gasteiger partial charge in [0.1, 0.15) is 0 Å². The van der Waals surface area contributed by atoms with Gasteiger partial charge in [-0.25, -0.2) is 0 Å². The third-order valence-electron chi connectivity index (χ3n) is 6.38. The second-order valence-corrected chi connectivity index (χ2v) is 8.71. The highest BCUT2D eigenvalue weighted by atomic mass is 32.1. The molecule has 0 fully saturated rings. The van der Waals surface area contributed by atoms with Crippen LogP contribution in [-0.4, -0.2) is 26.9 Å². The van der Waals surface area contributed by atoms with Crippen molar-refractivity contribution in [2.75, 3.05) is 11.4 Å². The molecular weight excluding hydrogens is 452 g/mol. The second-order valence-electron chi connectivity index (χ2n) is 8.33. The molecule has 0 radical (unpaired) electrons. The average Bonchev–Trinajstić information content (AvgIpc) is 3.24. The van der Waals surface area contributed by atoms with E-state index in [2.05, 4.69) is 4.98 Å². The summed E-state index contributed by atoms with van der Waals surface area (Å²) in [5.74, 6) is -0.292. The van der Waals surface area contributed by atoms with Gasteiger partial charge in [-0.3, -0.25) is 24.3 Å². The molecule has 34 heavy (non-hydrogen) atoms. The van der Waals surface area contributed by atoms with Gasteiger partial charge in [0.2, 0.25) is 0 Å². The zero-order valence-electron chi connectivity index (χ0n) is 18.5. The van der Waals surface area contributed by atoms with E-state index in [0.717, 1.165) is 16.7 Å². The molecule has 1 amide bonds. The normalized spacial score (nSPS) is 12.7. The second kappa shape index (κ2) is 8.03. The van der Waals surface area contributed by atoms with Gasteiger partial charge in [0.05, 0.1) is 27.2 Å². The van der Waals surface area contributed by atoms with E-state index in [1.807, 2.05) is 32.0 Å². The Morgan fingerprint density at radius 2 is 1.88 bits per heavy atom. The molecule has 4 aromatic rings. The van der Waals surface area contributed by atoms with Gasteiger partial charge in [-0.2, -0.15) is 0 Å². The van der Waals surface area contributed by atoms with Gasteiger partial charge in [0.15, 0.2) is 4.77 Å². The number of aryl methyl sites for hydroxylation is 1. The maximum absolute atomic E-state index is 13.3. The molecule has 0 unspecified atom stereocenters. The Kier molecular flexibility index (Phi) is 5.13. The number of hydrogen-bond acceptors (Lipinski definition) is 5. The van der Waals surface area contributed by atoms with E-state index in [0.29, 0.717) is 40.8 Å². The van der Waals surface area contributed by atoms with Crippen LogP contribution in [0.15, 0.2) is 59.4 Å². The average molecular weight is 473 g/mol. The zero-order valence-corrected chi connectivity index (χ0v) is 19.3. The Hall–Kier alpha value is -4.11. The molecule has 5 rings (SSSR count). The van der Waals surface area contributed by atoms with Crippen LogP contribution >= 0.6 is 12.2 Å². The summed E-state index contributed by atoms with van der Waals surface area (Å²) in [6.07, 6.45) is 0.621. The molecule has 0 saturated heterocycles. The first-order chi connectivity index (χ1) is 16.3. The van der Waals surface area contributed by atoms with Crippen LogP contribution < -0.4 is 10.5 Å². The number of nitro benzene ring substituents is 1. The Balaban J connectivity index is 1.58. The molecule has 3 aromatic carbocycles. The van der Waals surface area contributed by atoms with E-state index in [9.17, 15) is 19.7 Å². The van der Waals surface area contributed by atoms with Crippen molar-refractivity contribution in [3.05, 3.63) is 102 Å². The van der Waals surface area contributed by atoms with Crippen LogP contribution in [0.2, 0.25) is 0 Å². The molecule has 1 aromatic heterocycles. The number of H-pyrrole nitrogens is 1. The van der Waals surface area contributed by atoms with Crippen molar-refractivity contribution in [1.82, 2.24) is 9.55 Å². The van der Waals surface area contributed by atoms with Gasteiger partial charge < -0.3 is 9.88 Å². The largest absolute Gasteiger partial charge is 0.331 e. The van der Waals surface area contributed by atoms with Gasteiger partial charge in [-0.05, 0) is 73.4 Å². The lowest BCUT2D eigenvalue weighted by molar-refractivity contribution is -0.384. The van der Waals surface area contributed by atoms with Crippen LogP contribution in [-0.2, 0) is 6.42 Å². The standard InChI is InChI=1S/C25H20N4O4S/c1-14-4-3-5-21(15(14)2)28-24(31)19-9-7-17(12-20(19)26-25(28)34)23(30)27-11-10-16-6-8-18(29(32)33)13-22(16)27/h3-9,12-13H,10-11H2,1-2H3,(H,26,34). The maximum Gasteiger partial charge on any atom is 0.271 e. The number of amides is 1. The summed E-state index contributed by atoms with van der Waals surface area (Å²) in [5, 5.41) is 11.6. The third-order valence-corrected chi connectivity index (χ3v) is 6.67. The van der Waals surface area contributed by atoms with E-state index in [-0.39, 0.29) is 21.9 Å². The minimum Gasteiger partial charge on any atom is -0.331 e. The highest BCUT2D eigenvalue weighted by Crippen LogP contribution is 2.33. The fraction of sp³-hybridized carbons (Fsp3) is 0.160. The summed E-state index contributed by atoms with van der Waals surface area (Å²) in [5.41, 5.74) is 4.63. The summed E-state index contributed by atoms with van der Waals surface area (Å²) < 4.78 is 1.70. The number of aromatic amines is 1. The number of nitrogens with zero attached hydrogens (tertiary/aromatic N) is 3. The van der Waals surface area contributed by atoms with Crippen molar-refractivity contribution in [3.63, 3.8) is 0 Å². The number of fused-ring (bicyclic) bond motifs is 2. The zero-order chi connectivity index (χ0) is 24.1. The van der Waals surface area contributed by atoms with Gasteiger partial charge in [-0.1, -0.05) is 18.2 Å². The first kappa shape index (κ1) is 21.7. The molecule has 0 atom stereocenters. The SMILES string of the molecule is Cc1cccc(-n2c(=S)[nH]c3cc(C(=O)N4CCc5ccc([N+](=O)[O-])cc54)ccc3c2=O)c1C. The van der Waals surface area contributed by atoms with Crippen molar-refractivity contribution < 1.29 is 9.72 Å². The lowest BCUT2D eigenvalue weighted by Crippen LogP contribution is -2.29. The predicted molar refractivity (Wildman–Crippen MR) is 133 cm³/mol. The number of rotatable bonds is 3. The number of carbonyl (C=O) groups excluding carboxylic acids is 1. The van der Waals surface area contributed by atoms with E-state index >= 15 is 0 Å². The number of nitro groups is 1.